The van der Waals surface area contributed by atoms with Crippen molar-refractivity contribution in [3.8, 4) is 0 Å². The fraction of sp³-hybridized carbons (Fsp3) is 0.857. The second kappa shape index (κ2) is 3.62. The zero-order valence-corrected chi connectivity index (χ0v) is 6.22. The molecule has 2 nitrogen and oxygen atoms in total. The molecule has 0 spiro atoms. The zero-order chi connectivity index (χ0) is 7.44. The van der Waals surface area contributed by atoms with E-state index in [1.165, 1.54) is 0 Å². The largest absolute Gasteiger partial charge is 0.385 e. The molecule has 9 heavy (non-hydrogen) atoms. The van der Waals surface area contributed by atoms with Crippen LogP contribution < -0.4 is 0 Å². The summed E-state index contributed by atoms with van der Waals surface area (Å²) in [6.07, 6.45) is -0.325. The van der Waals surface area contributed by atoms with Crippen LogP contribution in [0.2, 0.25) is 0 Å². The molecule has 0 aromatic rings. The molecule has 1 unspecified atom stereocenters. The summed E-state index contributed by atoms with van der Waals surface area (Å²) in [5, 5.41) is 9.05. The van der Waals surface area contributed by atoms with Gasteiger partial charge < -0.3 is 5.11 Å². The van der Waals surface area contributed by atoms with Gasteiger partial charge >= 0.3 is 0 Å². The third-order valence-corrected chi connectivity index (χ3v) is 1.31. The average molecular weight is 130 g/mol. The van der Waals surface area contributed by atoms with Gasteiger partial charge in [-0.25, -0.2) is 0 Å². The normalized spacial score (nSPS) is 13.9. The lowest BCUT2D eigenvalue weighted by molar-refractivity contribution is -0.128. The highest BCUT2D eigenvalue weighted by Crippen LogP contribution is 2.03. The Balaban J connectivity index is 3.72. The van der Waals surface area contributed by atoms with E-state index in [0.717, 1.165) is 0 Å². The van der Waals surface area contributed by atoms with Crippen LogP contribution in [0.1, 0.15) is 27.2 Å². The Morgan fingerprint density at radius 1 is 1.56 bits per heavy atom. The lowest BCUT2D eigenvalue weighted by Crippen LogP contribution is -2.24. The van der Waals surface area contributed by atoms with Gasteiger partial charge in [-0.05, 0) is 5.92 Å². The number of aliphatic hydroxyl groups is 1. The van der Waals surface area contributed by atoms with Gasteiger partial charge in [0.05, 0.1) is 0 Å². The van der Waals surface area contributed by atoms with E-state index in [-0.39, 0.29) is 11.7 Å². The maximum absolute atomic E-state index is 10.7. The van der Waals surface area contributed by atoms with Gasteiger partial charge in [0.15, 0.2) is 5.78 Å². The average Bonchev–Trinajstić information content (AvgIpc) is 1.84. The van der Waals surface area contributed by atoms with Gasteiger partial charge in [0.1, 0.15) is 6.10 Å². The second-order valence-electron chi connectivity index (χ2n) is 2.51. The monoisotopic (exact) mass is 130 g/mol. The predicted octanol–water partition coefficient (Wildman–Crippen LogP) is 0.982. The van der Waals surface area contributed by atoms with Crippen LogP contribution in [-0.4, -0.2) is 17.0 Å². The van der Waals surface area contributed by atoms with Crippen LogP contribution in [0.25, 0.3) is 0 Å². The molecular formula is C7H14O2. The number of Topliss-reactive ketones (excluding diaryl/α,β-unsaturated/α-hetero) is 1. The lowest BCUT2D eigenvalue weighted by Gasteiger charge is -2.10. The lowest BCUT2D eigenvalue weighted by atomic mass is 10.0. The van der Waals surface area contributed by atoms with Crippen molar-refractivity contribution in [2.75, 3.05) is 0 Å². The van der Waals surface area contributed by atoms with Gasteiger partial charge in [0, 0.05) is 6.42 Å². The summed E-state index contributed by atoms with van der Waals surface area (Å²) in [5.41, 5.74) is 0. The number of carbonyl (C=O) groups is 1. The summed E-state index contributed by atoms with van der Waals surface area (Å²) < 4.78 is 0. The summed E-state index contributed by atoms with van der Waals surface area (Å²) in [5.74, 6) is -0.0116. The first-order chi connectivity index (χ1) is 4.09. The number of carbonyl (C=O) groups excluding carboxylic acids is 1. The molecule has 0 saturated carbocycles. The van der Waals surface area contributed by atoms with Crippen molar-refractivity contribution in [2.45, 2.75) is 33.3 Å². The molecule has 54 valence electrons. The molecule has 0 saturated heterocycles. The second-order valence-corrected chi connectivity index (χ2v) is 2.51. The van der Waals surface area contributed by atoms with Crippen LogP contribution in [-0.2, 0) is 4.79 Å². The first kappa shape index (κ1) is 8.63. The van der Waals surface area contributed by atoms with Crippen LogP contribution in [0.4, 0.5) is 0 Å². The summed E-state index contributed by atoms with van der Waals surface area (Å²) in [6.45, 7) is 5.42. The van der Waals surface area contributed by atoms with Crippen molar-refractivity contribution in [2.24, 2.45) is 5.92 Å². The molecule has 0 amide bonds. The summed E-state index contributed by atoms with van der Waals surface area (Å²) in [6, 6.07) is 0. The Kier molecular flexibility index (Phi) is 3.47. The number of hydrogen-bond acceptors (Lipinski definition) is 2. The molecule has 0 rings (SSSR count). The zero-order valence-electron chi connectivity index (χ0n) is 6.22. The van der Waals surface area contributed by atoms with Gasteiger partial charge in [-0.15, -0.1) is 0 Å². The third kappa shape index (κ3) is 2.61. The van der Waals surface area contributed by atoms with Gasteiger partial charge in [-0.2, -0.15) is 0 Å². The molecule has 0 aliphatic carbocycles. The third-order valence-electron chi connectivity index (χ3n) is 1.31. The SMILES string of the molecule is CCC(=O)C(O)C(C)C. The van der Waals surface area contributed by atoms with Crippen LogP contribution in [0.15, 0.2) is 0 Å². The van der Waals surface area contributed by atoms with Crippen molar-refractivity contribution in [3.63, 3.8) is 0 Å². The highest BCUT2D eigenvalue weighted by atomic mass is 16.3. The smallest absolute Gasteiger partial charge is 0.161 e. The molecule has 2 heteroatoms. The molecular weight excluding hydrogens is 116 g/mol. The Morgan fingerprint density at radius 2 is 2.00 bits per heavy atom. The van der Waals surface area contributed by atoms with E-state index in [9.17, 15) is 4.79 Å². The fourth-order valence-corrected chi connectivity index (χ4v) is 0.581. The Bertz CT molecular complexity index is 97.1. The fourth-order valence-electron chi connectivity index (χ4n) is 0.581. The highest BCUT2D eigenvalue weighted by Gasteiger charge is 2.15. The van der Waals surface area contributed by atoms with Crippen LogP contribution in [0.5, 0.6) is 0 Å². The molecule has 0 radical (unpaired) electrons. The molecule has 0 aromatic carbocycles. The maximum atomic E-state index is 10.7. The van der Waals surface area contributed by atoms with Gasteiger partial charge in [0.25, 0.3) is 0 Å². The molecule has 0 aliphatic rings. The predicted molar refractivity (Wildman–Crippen MR) is 36.1 cm³/mol. The first-order valence-electron chi connectivity index (χ1n) is 3.30. The molecule has 1 N–H and O–H groups in total. The van der Waals surface area contributed by atoms with Gasteiger partial charge in [0.2, 0.25) is 0 Å². The van der Waals surface area contributed by atoms with Crippen LogP contribution in [0.3, 0.4) is 0 Å². The molecule has 0 aromatic heterocycles. The van der Waals surface area contributed by atoms with Crippen LogP contribution in [0, 0.1) is 5.92 Å². The number of hydrogen-bond donors (Lipinski definition) is 1. The Hall–Kier alpha value is -0.370. The molecule has 0 aliphatic heterocycles. The topological polar surface area (TPSA) is 37.3 Å². The van der Waals surface area contributed by atoms with Gasteiger partial charge in [-0.3, -0.25) is 4.79 Å². The van der Waals surface area contributed by atoms with Crippen molar-refractivity contribution in [1.29, 1.82) is 0 Å². The van der Waals surface area contributed by atoms with E-state index in [1.54, 1.807) is 6.92 Å². The van der Waals surface area contributed by atoms with Crippen molar-refractivity contribution in [3.05, 3.63) is 0 Å². The van der Waals surface area contributed by atoms with Crippen molar-refractivity contribution in [1.82, 2.24) is 0 Å². The van der Waals surface area contributed by atoms with E-state index in [4.69, 9.17) is 5.11 Å². The van der Waals surface area contributed by atoms with E-state index in [0.29, 0.717) is 6.42 Å². The summed E-state index contributed by atoms with van der Waals surface area (Å²) >= 11 is 0. The Morgan fingerprint density at radius 3 is 2.11 bits per heavy atom. The minimum Gasteiger partial charge on any atom is -0.385 e. The molecule has 0 heterocycles. The summed E-state index contributed by atoms with van der Waals surface area (Å²) in [4.78, 5) is 10.7. The van der Waals surface area contributed by atoms with Crippen molar-refractivity contribution < 1.29 is 9.90 Å². The van der Waals surface area contributed by atoms with E-state index >= 15 is 0 Å². The Labute approximate surface area is 55.9 Å². The van der Waals surface area contributed by atoms with Gasteiger partial charge in [-0.1, -0.05) is 20.8 Å². The standard InChI is InChI=1S/C7H14O2/c1-4-6(8)7(9)5(2)3/h5,7,9H,4H2,1-3H3. The van der Waals surface area contributed by atoms with E-state index in [2.05, 4.69) is 0 Å². The molecule has 0 bridgehead atoms. The van der Waals surface area contributed by atoms with Crippen LogP contribution >= 0.6 is 0 Å². The maximum Gasteiger partial charge on any atom is 0.161 e. The first-order valence-corrected chi connectivity index (χ1v) is 3.30. The minimum absolute atomic E-state index is 0.0532. The summed E-state index contributed by atoms with van der Waals surface area (Å²) in [7, 11) is 0. The highest BCUT2D eigenvalue weighted by molar-refractivity contribution is 5.82. The minimum atomic E-state index is -0.755. The quantitative estimate of drug-likeness (QED) is 0.618. The van der Waals surface area contributed by atoms with E-state index < -0.39 is 6.10 Å². The number of rotatable bonds is 3. The number of aliphatic hydroxyl groups excluding tert-OH is 1. The van der Waals surface area contributed by atoms with E-state index in [1.807, 2.05) is 13.8 Å². The number of ketones is 1. The molecule has 1 atom stereocenters. The van der Waals surface area contributed by atoms with Crippen molar-refractivity contribution >= 4 is 5.78 Å². The molecule has 0 fully saturated rings.